The van der Waals surface area contributed by atoms with Crippen LogP contribution in [0.4, 0.5) is 5.69 Å². The van der Waals surface area contributed by atoms with E-state index in [1.165, 1.54) is 11.1 Å². The van der Waals surface area contributed by atoms with Crippen LogP contribution in [0.1, 0.15) is 27.9 Å². The maximum Gasteiger partial charge on any atom is 0.256 e. The summed E-state index contributed by atoms with van der Waals surface area (Å²) in [5.41, 5.74) is 11.6. The summed E-state index contributed by atoms with van der Waals surface area (Å²) in [6.07, 6.45) is 0.649. The molecule has 2 aromatic carbocycles. The molecule has 3 N–H and O–H groups in total. The van der Waals surface area contributed by atoms with Gasteiger partial charge in [0.05, 0.1) is 11.3 Å². The number of benzene rings is 2. The van der Waals surface area contributed by atoms with E-state index in [1.807, 2.05) is 24.3 Å². The van der Waals surface area contributed by atoms with Crippen LogP contribution in [0.25, 0.3) is 11.1 Å². The summed E-state index contributed by atoms with van der Waals surface area (Å²) in [6, 6.07) is 10.9. The molecule has 0 radical (unpaired) electrons. The third-order valence-corrected chi connectivity index (χ3v) is 5.40. The van der Waals surface area contributed by atoms with Crippen molar-refractivity contribution in [1.82, 2.24) is 4.90 Å². The van der Waals surface area contributed by atoms with Gasteiger partial charge < -0.3 is 16.0 Å². The van der Waals surface area contributed by atoms with Crippen molar-refractivity contribution in [2.24, 2.45) is 5.73 Å². The van der Waals surface area contributed by atoms with Crippen molar-refractivity contribution in [2.45, 2.75) is 32.4 Å². The summed E-state index contributed by atoms with van der Waals surface area (Å²) >= 11 is 0. The Balaban J connectivity index is 1.82. The normalized spacial score (nSPS) is 22.3. The Morgan fingerprint density at radius 3 is 2.72 bits per heavy atom. The quantitative estimate of drug-likeness (QED) is 0.840. The van der Waals surface area contributed by atoms with E-state index in [0.29, 0.717) is 24.2 Å². The Morgan fingerprint density at radius 1 is 1.12 bits per heavy atom. The third-order valence-electron chi connectivity index (χ3n) is 5.40. The summed E-state index contributed by atoms with van der Waals surface area (Å²) in [7, 11) is 0. The summed E-state index contributed by atoms with van der Waals surface area (Å²) in [6.45, 7) is 4.67. The summed E-state index contributed by atoms with van der Waals surface area (Å²) in [4.78, 5) is 27.1. The van der Waals surface area contributed by atoms with Crippen molar-refractivity contribution in [2.75, 3.05) is 11.9 Å². The molecule has 128 valence electrons. The maximum absolute atomic E-state index is 13.0. The molecule has 1 fully saturated rings. The van der Waals surface area contributed by atoms with Crippen LogP contribution in [0.5, 0.6) is 0 Å². The fraction of sp³-hybridized carbons (Fsp3) is 0.300. The molecule has 1 saturated heterocycles. The van der Waals surface area contributed by atoms with Gasteiger partial charge in [-0.05, 0) is 54.7 Å². The number of anilines is 1. The van der Waals surface area contributed by atoms with E-state index in [1.54, 1.807) is 4.90 Å². The smallest absolute Gasteiger partial charge is 0.256 e. The molecule has 4 rings (SSSR count). The lowest BCUT2D eigenvalue weighted by Gasteiger charge is -2.22. The Morgan fingerprint density at radius 2 is 1.92 bits per heavy atom. The second-order valence-corrected chi connectivity index (χ2v) is 6.89. The van der Waals surface area contributed by atoms with Crippen LogP contribution >= 0.6 is 0 Å². The van der Waals surface area contributed by atoms with E-state index < -0.39 is 6.04 Å². The standard InChI is InChI=1S/C20H21N3O2/c1-11-4-3-5-14(12(11)2)13-6-7-17-15(10-13)20(25)23-9-8-16(21)18(23)19(24)22-17/h3-7,10,16,18H,8-9,21H2,1-2H3,(H,22,24)/t16-,18-/m0/s1. The van der Waals surface area contributed by atoms with Crippen molar-refractivity contribution >= 4 is 17.5 Å². The average molecular weight is 335 g/mol. The van der Waals surface area contributed by atoms with E-state index >= 15 is 0 Å². The number of carbonyl (C=O) groups is 2. The van der Waals surface area contributed by atoms with Gasteiger partial charge in [-0.25, -0.2) is 0 Å². The molecule has 5 nitrogen and oxygen atoms in total. The van der Waals surface area contributed by atoms with Crippen molar-refractivity contribution in [3.63, 3.8) is 0 Å². The van der Waals surface area contributed by atoms with Crippen LogP contribution in [0.15, 0.2) is 36.4 Å². The predicted molar refractivity (Wildman–Crippen MR) is 97.4 cm³/mol. The Labute approximate surface area is 146 Å². The zero-order chi connectivity index (χ0) is 17.7. The number of nitrogens with two attached hydrogens (primary N) is 1. The minimum absolute atomic E-state index is 0.126. The maximum atomic E-state index is 13.0. The molecule has 2 aliphatic rings. The fourth-order valence-corrected chi connectivity index (χ4v) is 3.80. The fourth-order valence-electron chi connectivity index (χ4n) is 3.80. The van der Waals surface area contributed by atoms with E-state index in [4.69, 9.17) is 5.73 Å². The van der Waals surface area contributed by atoms with Crippen LogP contribution in [-0.2, 0) is 4.79 Å². The molecular weight excluding hydrogens is 314 g/mol. The monoisotopic (exact) mass is 335 g/mol. The molecule has 0 spiro atoms. The molecule has 0 aromatic heterocycles. The highest BCUT2D eigenvalue weighted by Crippen LogP contribution is 2.33. The van der Waals surface area contributed by atoms with Crippen LogP contribution in [-0.4, -0.2) is 35.3 Å². The third kappa shape index (κ3) is 2.43. The lowest BCUT2D eigenvalue weighted by molar-refractivity contribution is -0.119. The van der Waals surface area contributed by atoms with Gasteiger partial charge >= 0.3 is 0 Å². The van der Waals surface area contributed by atoms with Crippen LogP contribution < -0.4 is 11.1 Å². The van der Waals surface area contributed by atoms with Crippen LogP contribution in [0.2, 0.25) is 0 Å². The number of fused-ring (bicyclic) bond motifs is 2. The summed E-state index contributed by atoms with van der Waals surface area (Å²) < 4.78 is 0. The average Bonchev–Trinajstić information content (AvgIpc) is 2.94. The van der Waals surface area contributed by atoms with Crippen LogP contribution in [0.3, 0.4) is 0 Å². The minimum atomic E-state index is -0.580. The zero-order valence-corrected chi connectivity index (χ0v) is 14.4. The first-order valence-electron chi connectivity index (χ1n) is 8.55. The van der Waals surface area contributed by atoms with Crippen molar-refractivity contribution in [1.29, 1.82) is 0 Å². The van der Waals surface area contributed by atoms with Crippen molar-refractivity contribution < 1.29 is 9.59 Å². The number of hydrogen-bond donors (Lipinski definition) is 2. The Hall–Kier alpha value is -2.66. The zero-order valence-electron chi connectivity index (χ0n) is 14.4. The van der Waals surface area contributed by atoms with Crippen molar-refractivity contribution in [3.05, 3.63) is 53.1 Å². The van der Waals surface area contributed by atoms with Gasteiger partial charge in [-0.15, -0.1) is 0 Å². The topological polar surface area (TPSA) is 75.4 Å². The lowest BCUT2D eigenvalue weighted by Crippen LogP contribution is -2.48. The van der Waals surface area contributed by atoms with Crippen LogP contribution in [0, 0.1) is 13.8 Å². The summed E-state index contributed by atoms with van der Waals surface area (Å²) in [5, 5.41) is 2.88. The first-order chi connectivity index (χ1) is 12.0. The molecule has 2 amide bonds. The molecule has 2 aliphatic heterocycles. The molecular formula is C20H21N3O2. The lowest BCUT2D eigenvalue weighted by atomic mass is 9.95. The number of amides is 2. The molecule has 5 heteroatoms. The second-order valence-electron chi connectivity index (χ2n) is 6.89. The van der Waals surface area contributed by atoms with Gasteiger partial charge in [-0.3, -0.25) is 9.59 Å². The molecule has 2 atom stereocenters. The highest BCUT2D eigenvalue weighted by molar-refractivity contribution is 6.11. The number of aryl methyl sites for hydroxylation is 1. The number of rotatable bonds is 1. The number of nitrogens with zero attached hydrogens (tertiary/aromatic N) is 1. The minimum Gasteiger partial charge on any atom is -0.325 e. The first-order valence-corrected chi connectivity index (χ1v) is 8.55. The van der Waals surface area contributed by atoms with Gasteiger partial charge in [-0.2, -0.15) is 0 Å². The number of nitrogens with one attached hydrogen (secondary N) is 1. The molecule has 0 unspecified atom stereocenters. The van der Waals surface area contributed by atoms with E-state index in [9.17, 15) is 9.59 Å². The largest absolute Gasteiger partial charge is 0.325 e. The molecule has 0 saturated carbocycles. The Bertz CT molecular complexity index is 891. The van der Waals surface area contributed by atoms with Gasteiger partial charge in [0.2, 0.25) is 5.91 Å². The highest BCUT2D eigenvalue weighted by Gasteiger charge is 2.43. The molecule has 2 heterocycles. The first kappa shape index (κ1) is 15.8. The van der Waals surface area contributed by atoms with Gasteiger partial charge in [0.1, 0.15) is 6.04 Å². The molecule has 0 aliphatic carbocycles. The van der Waals surface area contributed by atoms with Gasteiger partial charge in [-0.1, -0.05) is 24.3 Å². The van der Waals surface area contributed by atoms with E-state index in [0.717, 1.165) is 11.1 Å². The predicted octanol–water partition coefficient (Wildman–Crippen LogP) is 2.46. The number of hydrogen-bond acceptors (Lipinski definition) is 3. The van der Waals surface area contributed by atoms with Gasteiger partial charge in [0.15, 0.2) is 0 Å². The number of carbonyl (C=O) groups excluding carboxylic acids is 2. The molecule has 0 bridgehead atoms. The second kappa shape index (κ2) is 5.70. The summed E-state index contributed by atoms with van der Waals surface area (Å²) in [5.74, 6) is -0.324. The molecule has 25 heavy (non-hydrogen) atoms. The SMILES string of the molecule is Cc1cccc(-c2ccc3c(c2)C(=O)N2CC[C@H](N)[C@H]2C(=O)N3)c1C. The van der Waals surface area contributed by atoms with E-state index in [-0.39, 0.29) is 17.9 Å². The van der Waals surface area contributed by atoms with Gasteiger partial charge in [0.25, 0.3) is 5.91 Å². The molecule has 2 aromatic rings. The van der Waals surface area contributed by atoms with Crippen molar-refractivity contribution in [3.8, 4) is 11.1 Å². The van der Waals surface area contributed by atoms with Gasteiger partial charge in [0, 0.05) is 12.6 Å². The Kier molecular flexibility index (Phi) is 3.62. The van der Waals surface area contributed by atoms with E-state index in [2.05, 4.69) is 31.3 Å². The highest BCUT2D eigenvalue weighted by atomic mass is 16.2.